The number of thioether (sulfide) groups is 1. The van der Waals surface area contributed by atoms with E-state index in [-0.39, 0.29) is 6.09 Å². The Labute approximate surface area is 173 Å². The van der Waals surface area contributed by atoms with Crippen molar-refractivity contribution in [2.24, 2.45) is 0 Å². The van der Waals surface area contributed by atoms with Crippen LogP contribution < -0.4 is 4.74 Å². The smallest absolute Gasteiger partial charge is 0.410 e. The maximum atomic E-state index is 12.5. The van der Waals surface area contributed by atoms with Crippen molar-refractivity contribution >= 4 is 17.9 Å². The number of ether oxygens (including phenoxy) is 1. The molecule has 3 heterocycles. The molecule has 1 aliphatic rings. The van der Waals surface area contributed by atoms with Crippen molar-refractivity contribution in [3.63, 3.8) is 0 Å². The van der Waals surface area contributed by atoms with Gasteiger partial charge in [-0.15, -0.1) is 0 Å². The Bertz CT molecular complexity index is 921. The minimum Gasteiger partial charge on any atom is -0.410 e. The van der Waals surface area contributed by atoms with E-state index in [9.17, 15) is 4.79 Å². The van der Waals surface area contributed by atoms with Gasteiger partial charge in [-0.05, 0) is 49.1 Å². The summed E-state index contributed by atoms with van der Waals surface area (Å²) in [5.41, 5.74) is 3.30. The number of hydrogen-bond acceptors (Lipinski definition) is 6. The van der Waals surface area contributed by atoms with Crippen LogP contribution in [-0.2, 0) is 6.42 Å². The normalized spacial score (nSPS) is 14.7. The molecule has 0 bridgehead atoms. The third kappa shape index (κ3) is 5.35. The summed E-state index contributed by atoms with van der Waals surface area (Å²) in [6, 6.07) is 11.7. The Balaban J connectivity index is 1.26. The van der Waals surface area contributed by atoms with Gasteiger partial charge in [-0.2, -0.15) is 5.10 Å². The highest BCUT2D eigenvalue weighted by atomic mass is 32.2. The summed E-state index contributed by atoms with van der Waals surface area (Å²) in [7, 11) is 0. The van der Waals surface area contributed by atoms with Gasteiger partial charge < -0.3 is 9.64 Å². The first kappa shape index (κ1) is 19.4. The van der Waals surface area contributed by atoms with Crippen LogP contribution in [0.3, 0.4) is 0 Å². The van der Waals surface area contributed by atoms with Crippen LogP contribution in [0.25, 0.3) is 0 Å². The van der Waals surface area contributed by atoms with Crippen LogP contribution >= 0.6 is 11.8 Å². The average Bonchev–Trinajstić information content (AvgIpc) is 3.25. The van der Waals surface area contributed by atoms with Gasteiger partial charge in [0.25, 0.3) is 0 Å². The zero-order valence-corrected chi connectivity index (χ0v) is 17.1. The molecule has 7 nitrogen and oxygen atoms in total. The van der Waals surface area contributed by atoms with Crippen LogP contribution in [0.4, 0.5) is 4.79 Å². The molecule has 0 radical (unpaired) electrons. The van der Waals surface area contributed by atoms with E-state index in [1.165, 1.54) is 6.33 Å². The lowest BCUT2D eigenvalue weighted by Gasteiger charge is -2.30. The number of aromatic amines is 1. The maximum absolute atomic E-state index is 12.5. The largest absolute Gasteiger partial charge is 0.415 e. The van der Waals surface area contributed by atoms with Gasteiger partial charge in [0.15, 0.2) is 5.16 Å². The molecule has 8 heteroatoms. The highest BCUT2D eigenvalue weighted by molar-refractivity contribution is 7.99. The van der Waals surface area contributed by atoms with Crippen LogP contribution in [0.5, 0.6) is 5.75 Å². The lowest BCUT2D eigenvalue weighted by molar-refractivity contribution is 0.143. The van der Waals surface area contributed by atoms with Crippen LogP contribution in [-0.4, -0.2) is 49.5 Å². The number of rotatable bonds is 5. The SMILES string of the molecule is Cc1ccc(Cc2ccc(OC(=O)N3CCC(Sc4ncn[nH]4)CC3)cc2)nc1. The Hall–Kier alpha value is -2.87. The van der Waals surface area contributed by atoms with Crippen LogP contribution in [0.15, 0.2) is 54.1 Å². The van der Waals surface area contributed by atoms with E-state index in [0.29, 0.717) is 24.1 Å². The number of piperidine rings is 1. The fourth-order valence-electron chi connectivity index (χ4n) is 3.22. The number of pyridine rings is 1. The third-order valence-electron chi connectivity index (χ3n) is 4.86. The van der Waals surface area contributed by atoms with Crippen LogP contribution in [0, 0.1) is 6.92 Å². The van der Waals surface area contributed by atoms with E-state index in [2.05, 4.69) is 26.2 Å². The summed E-state index contributed by atoms with van der Waals surface area (Å²) in [4.78, 5) is 22.8. The van der Waals surface area contributed by atoms with Crippen LogP contribution in [0.2, 0.25) is 0 Å². The van der Waals surface area contributed by atoms with E-state index in [1.54, 1.807) is 16.7 Å². The number of nitrogens with one attached hydrogen (secondary N) is 1. The van der Waals surface area contributed by atoms with E-state index >= 15 is 0 Å². The quantitative estimate of drug-likeness (QED) is 0.689. The van der Waals surface area contributed by atoms with Gasteiger partial charge >= 0.3 is 6.09 Å². The summed E-state index contributed by atoms with van der Waals surface area (Å²) in [6.45, 7) is 3.39. The van der Waals surface area contributed by atoms with Gasteiger partial charge in [0, 0.05) is 36.7 Å². The highest BCUT2D eigenvalue weighted by Gasteiger charge is 2.25. The lowest BCUT2D eigenvalue weighted by Crippen LogP contribution is -2.40. The third-order valence-corrected chi connectivity index (χ3v) is 6.08. The number of aromatic nitrogens is 4. The molecule has 1 amide bonds. The monoisotopic (exact) mass is 409 g/mol. The number of aryl methyl sites for hydroxylation is 1. The van der Waals surface area contributed by atoms with E-state index < -0.39 is 0 Å². The van der Waals surface area contributed by atoms with Crippen molar-refractivity contribution in [3.8, 4) is 5.75 Å². The van der Waals surface area contributed by atoms with Crippen molar-refractivity contribution < 1.29 is 9.53 Å². The molecule has 1 aromatic carbocycles. The molecule has 2 aromatic heterocycles. The number of carbonyl (C=O) groups is 1. The molecule has 0 unspecified atom stereocenters. The molecule has 1 fully saturated rings. The molecule has 1 N–H and O–H groups in total. The van der Waals surface area contributed by atoms with E-state index in [1.807, 2.05) is 43.5 Å². The zero-order valence-electron chi connectivity index (χ0n) is 16.2. The molecular formula is C21H23N5O2S. The summed E-state index contributed by atoms with van der Waals surface area (Å²) in [5, 5.41) is 7.99. The number of benzene rings is 1. The summed E-state index contributed by atoms with van der Waals surface area (Å²) < 4.78 is 5.55. The topological polar surface area (TPSA) is 84.0 Å². The lowest BCUT2D eigenvalue weighted by atomic mass is 10.1. The molecule has 29 heavy (non-hydrogen) atoms. The van der Waals surface area contributed by atoms with Crippen molar-refractivity contribution in [2.45, 2.75) is 36.6 Å². The minimum atomic E-state index is -0.291. The second-order valence-corrected chi connectivity index (χ2v) is 8.40. The van der Waals surface area contributed by atoms with Crippen molar-refractivity contribution in [2.75, 3.05) is 13.1 Å². The Morgan fingerprint density at radius 3 is 2.62 bits per heavy atom. The fourth-order valence-corrected chi connectivity index (χ4v) is 4.19. The summed E-state index contributed by atoms with van der Waals surface area (Å²) in [5.74, 6) is 0.564. The number of hydrogen-bond donors (Lipinski definition) is 1. The van der Waals surface area contributed by atoms with E-state index in [4.69, 9.17) is 4.74 Å². The van der Waals surface area contributed by atoms with Crippen molar-refractivity contribution in [1.82, 2.24) is 25.1 Å². The first-order valence-corrected chi connectivity index (χ1v) is 10.5. The minimum absolute atomic E-state index is 0.291. The first-order chi connectivity index (χ1) is 14.2. The molecule has 3 aromatic rings. The van der Waals surface area contributed by atoms with Crippen LogP contribution in [0.1, 0.15) is 29.7 Å². The number of amides is 1. The molecule has 0 aliphatic carbocycles. The predicted molar refractivity (Wildman–Crippen MR) is 111 cm³/mol. The molecule has 1 aliphatic heterocycles. The average molecular weight is 410 g/mol. The molecule has 150 valence electrons. The number of likely N-dealkylation sites (tertiary alicyclic amines) is 1. The van der Waals surface area contributed by atoms with Crippen molar-refractivity contribution in [1.29, 1.82) is 0 Å². The van der Waals surface area contributed by atoms with Crippen molar-refractivity contribution in [3.05, 3.63) is 65.7 Å². The van der Waals surface area contributed by atoms with Gasteiger partial charge in [-0.3, -0.25) is 10.1 Å². The Morgan fingerprint density at radius 1 is 1.17 bits per heavy atom. The number of carbonyl (C=O) groups excluding carboxylic acids is 1. The molecule has 1 saturated heterocycles. The van der Waals surface area contributed by atoms with Gasteiger partial charge in [0.2, 0.25) is 0 Å². The molecule has 0 saturated carbocycles. The second-order valence-electron chi connectivity index (χ2n) is 7.11. The molecule has 0 spiro atoms. The van der Waals surface area contributed by atoms with Gasteiger partial charge in [-0.25, -0.2) is 9.78 Å². The summed E-state index contributed by atoms with van der Waals surface area (Å²) >= 11 is 1.68. The number of nitrogens with zero attached hydrogens (tertiary/aromatic N) is 4. The standard InChI is InChI=1S/C21H23N5O2S/c1-15-2-5-17(22-13-15)12-16-3-6-18(7-4-16)28-21(27)26-10-8-19(9-11-26)29-20-23-14-24-25-20/h2-7,13-14,19H,8-12H2,1H3,(H,23,24,25). The van der Waals surface area contributed by atoms with Gasteiger partial charge in [0.05, 0.1) is 0 Å². The zero-order chi connectivity index (χ0) is 20.1. The second kappa shape index (κ2) is 9.09. The highest BCUT2D eigenvalue weighted by Crippen LogP contribution is 2.28. The number of H-pyrrole nitrogens is 1. The fraction of sp³-hybridized carbons (Fsp3) is 0.333. The van der Waals surface area contributed by atoms with Gasteiger partial charge in [-0.1, -0.05) is 30.0 Å². The Morgan fingerprint density at radius 2 is 1.97 bits per heavy atom. The summed E-state index contributed by atoms with van der Waals surface area (Å²) in [6.07, 6.45) is 5.66. The predicted octanol–water partition coefficient (Wildman–Crippen LogP) is 3.85. The molecule has 4 rings (SSSR count). The van der Waals surface area contributed by atoms with Gasteiger partial charge in [0.1, 0.15) is 12.1 Å². The first-order valence-electron chi connectivity index (χ1n) is 9.65. The molecule has 0 atom stereocenters. The Kier molecular flexibility index (Phi) is 6.09. The molecular weight excluding hydrogens is 386 g/mol. The maximum Gasteiger partial charge on any atom is 0.415 e. The van der Waals surface area contributed by atoms with E-state index in [0.717, 1.165) is 41.2 Å².